The SMILES string of the molecule is CCOC(=O)c1c(-c2ccc(C)cc2)csc1NC(=O)CSc1cccc(NC(=O)/C(=C\c2ccc(OC)cc2OC)NC(=O)c2ccccc2)c1. The van der Waals surface area contributed by atoms with Crippen LogP contribution >= 0.6 is 23.1 Å². The summed E-state index contributed by atoms with van der Waals surface area (Å²) < 4.78 is 16.1. The highest BCUT2D eigenvalue weighted by molar-refractivity contribution is 8.00. The summed E-state index contributed by atoms with van der Waals surface area (Å²) in [7, 11) is 3.04. The predicted molar refractivity (Wildman–Crippen MR) is 206 cm³/mol. The van der Waals surface area contributed by atoms with Crippen molar-refractivity contribution >= 4 is 63.6 Å². The third-order valence-corrected chi connectivity index (χ3v) is 9.51. The Kier molecular flexibility index (Phi) is 12.9. The van der Waals surface area contributed by atoms with Gasteiger partial charge in [0.2, 0.25) is 5.91 Å². The number of hydrogen-bond acceptors (Lipinski definition) is 9. The molecule has 5 aromatic rings. The van der Waals surface area contributed by atoms with E-state index in [2.05, 4.69) is 16.0 Å². The first-order chi connectivity index (χ1) is 25.2. The number of anilines is 2. The molecule has 0 fully saturated rings. The van der Waals surface area contributed by atoms with Crippen molar-refractivity contribution in [1.82, 2.24) is 5.32 Å². The van der Waals surface area contributed by atoms with Gasteiger partial charge in [0.25, 0.3) is 11.8 Å². The van der Waals surface area contributed by atoms with Crippen LogP contribution in [0.5, 0.6) is 11.5 Å². The number of benzene rings is 4. The molecule has 12 heteroatoms. The van der Waals surface area contributed by atoms with Gasteiger partial charge in [-0.15, -0.1) is 23.1 Å². The van der Waals surface area contributed by atoms with Crippen LogP contribution in [-0.2, 0) is 14.3 Å². The molecule has 0 aliphatic heterocycles. The zero-order valence-corrected chi connectivity index (χ0v) is 30.6. The second-order valence-electron chi connectivity index (χ2n) is 11.2. The van der Waals surface area contributed by atoms with Crippen molar-refractivity contribution in [2.75, 3.05) is 37.2 Å². The molecule has 3 amide bonds. The Morgan fingerprint density at radius 1 is 0.846 bits per heavy atom. The number of esters is 1. The molecule has 1 aromatic heterocycles. The van der Waals surface area contributed by atoms with Gasteiger partial charge in [-0.05, 0) is 68.0 Å². The summed E-state index contributed by atoms with van der Waals surface area (Å²) in [4.78, 5) is 53.6. The minimum Gasteiger partial charge on any atom is -0.497 e. The number of thiophene rings is 1. The maximum absolute atomic E-state index is 13.7. The highest BCUT2D eigenvalue weighted by atomic mass is 32.2. The van der Waals surface area contributed by atoms with E-state index in [1.54, 1.807) is 73.7 Å². The molecule has 0 aliphatic rings. The maximum atomic E-state index is 13.7. The Labute approximate surface area is 310 Å². The summed E-state index contributed by atoms with van der Waals surface area (Å²) in [6.07, 6.45) is 1.52. The predicted octanol–water partition coefficient (Wildman–Crippen LogP) is 8.06. The van der Waals surface area contributed by atoms with Gasteiger partial charge in [-0.3, -0.25) is 14.4 Å². The number of carbonyl (C=O) groups is 4. The lowest BCUT2D eigenvalue weighted by atomic mass is 10.0. The second kappa shape index (κ2) is 17.9. The normalized spacial score (nSPS) is 11.0. The molecule has 52 heavy (non-hydrogen) atoms. The molecule has 0 atom stereocenters. The fourth-order valence-electron chi connectivity index (χ4n) is 5.01. The fraction of sp³-hybridized carbons (Fsp3) is 0.150. The summed E-state index contributed by atoms with van der Waals surface area (Å²) in [6, 6.07) is 28.5. The number of ether oxygens (including phenoxy) is 3. The van der Waals surface area contributed by atoms with E-state index in [4.69, 9.17) is 14.2 Å². The molecule has 4 aromatic carbocycles. The van der Waals surface area contributed by atoms with Gasteiger partial charge in [0.05, 0.1) is 26.6 Å². The van der Waals surface area contributed by atoms with Gasteiger partial charge in [0, 0.05) is 38.7 Å². The molecule has 0 radical (unpaired) electrons. The number of hydrogen-bond donors (Lipinski definition) is 3. The zero-order valence-electron chi connectivity index (χ0n) is 29.0. The number of rotatable bonds is 14. The molecule has 0 unspecified atom stereocenters. The van der Waals surface area contributed by atoms with Gasteiger partial charge in [-0.2, -0.15) is 0 Å². The number of thioether (sulfide) groups is 1. The molecular formula is C40H37N3O7S2. The van der Waals surface area contributed by atoms with E-state index < -0.39 is 17.8 Å². The highest BCUT2D eigenvalue weighted by Gasteiger charge is 2.23. The monoisotopic (exact) mass is 735 g/mol. The maximum Gasteiger partial charge on any atom is 0.341 e. The lowest BCUT2D eigenvalue weighted by Gasteiger charge is -2.13. The minimum absolute atomic E-state index is 0.0203. The summed E-state index contributed by atoms with van der Waals surface area (Å²) in [5.74, 6) is -0.818. The Balaban J connectivity index is 1.30. The van der Waals surface area contributed by atoms with Gasteiger partial charge < -0.3 is 30.2 Å². The summed E-state index contributed by atoms with van der Waals surface area (Å²) in [5.41, 5.74) is 4.28. The number of methoxy groups -OCH3 is 2. The average molecular weight is 736 g/mol. The minimum atomic E-state index is -0.574. The number of nitrogens with one attached hydrogen (secondary N) is 3. The van der Waals surface area contributed by atoms with Crippen molar-refractivity contribution in [2.24, 2.45) is 0 Å². The van der Waals surface area contributed by atoms with Gasteiger partial charge in [-0.1, -0.05) is 54.1 Å². The third kappa shape index (κ3) is 9.68. The van der Waals surface area contributed by atoms with Gasteiger partial charge >= 0.3 is 5.97 Å². The molecule has 10 nitrogen and oxygen atoms in total. The lowest BCUT2D eigenvalue weighted by molar-refractivity contribution is -0.114. The molecule has 266 valence electrons. The number of aryl methyl sites for hydroxylation is 1. The highest BCUT2D eigenvalue weighted by Crippen LogP contribution is 2.37. The molecule has 0 saturated carbocycles. The Morgan fingerprint density at radius 2 is 1.62 bits per heavy atom. The Bertz CT molecular complexity index is 2090. The molecular weight excluding hydrogens is 699 g/mol. The van der Waals surface area contributed by atoms with Crippen molar-refractivity contribution in [2.45, 2.75) is 18.7 Å². The molecule has 0 saturated heterocycles. The Hall–Kier alpha value is -5.85. The Morgan fingerprint density at radius 3 is 2.33 bits per heavy atom. The van der Waals surface area contributed by atoms with Crippen LogP contribution in [0.1, 0.15) is 38.8 Å². The van der Waals surface area contributed by atoms with E-state index >= 15 is 0 Å². The first-order valence-electron chi connectivity index (χ1n) is 16.2. The lowest BCUT2D eigenvalue weighted by Crippen LogP contribution is -2.30. The molecule has 1 heterocycles. The first kappa shape index (κ1) is 37.4. The van der Waals surface area contributed by atoms with Crippen LogP contribution in [-0.4, -0.2) is 50.3 Å². The van der Waals surface area contributed by atoms with Gasteiger partial charge in [-0.25, -0.2) is 4.79 Å². The first-order valence-corrected chi connectivity index (χ1v) is 18.1. The topological polar surface area (TPSA) is 132 Å². The van der Waals surface area contributed by atoms with Crippen LogP contribution in [0.3, 0.4) is 0 Å². The van der Waals surface area contributed by atoms with E-state index in [9.17, 15) is 19.2 Å². The van der Waals surface area contributed by atoms with Crippen LogP contribution in [0.2, 0.25) is 0 Å². The largest absolute Gasteiger partial charge is 0.497 e. The van der Waals surface area contributed by atoms with E-state index in [1.807, 2.05) is 42.6 Å². The average Bonchev–Trinajstić information content (AvgIpc) is 3.58. The molecule has 0 spiro atoms. The number of amides is 3. The van der Waals surface area contributed by atoms with E-state index in [1.165, 1.54) is 43.4 Å². The standard InChI is InChI=1S/C40H37N3O7S2/c1-5-50-40(47)36-32(26-16-14-25(2)15-17-26)23-52-39(36)43-35(44)24-51-31-13-9-12-29(21-31)41-38(46)33(42-37(45)27-10-7-6-8-11-27)20-28-18-19-30(48-3)22-34(28)49-4/h6-23H,5,24H2,1-4H3,(H,41,46)(H,42,45)(H,43,44)/b33-20+. The summed E-state index contributed by atoms with van der Waals surface area (Å²) in [6.45, 7) is 3.92. The third-order valence-electron chi connectivity index (χ3n) is 7.62. The zero-order chi connectivity index (χ0) is 37.0. The second-order valence-corrected chi connectivity index (χ2v) is 13.2. The molecule has 0 bridgehead atoms. The quantitative estimate of drug-likeness (QED) is 0.0593. The van der Waals surface area contributed by atoms with E-state index in [-0.39, 0.29) is 24.0 Å². The van der Waals surface area contributed by atoms with Crippen molar-refractivity contribution in [3.63, 3.8) is 0 Å². The van der Waals surface area contributed by atoms with Crippen LogP contribution in [0.4, 0.5) is 10.7 Å². The van der Waals surface area contributed by atoms with Crippen molar-refractivity contribution in [3.05, 3.63) is 130 Å². The van der Waals surface area contributed by atoms with Gasteiger partial charge in [0.15, 0.2) is 0 Å². The van der Waals surface area contributed by atoms with E-state index in [0.29, 0.717) is 49.3 Å². The van der Waals surface area contributed by atoms with Crippen LogP contribution in [0.25, 0.3) is 17.2 Å². The van der Waals surface area contributed by atoms with Crippen LogP contribution in [0, 0.1) is 6.92 Å². The summed E-state index contributed by atoms with van der Waals surface area (Å²) >= 11 is 2.52. The van der Waals surface area contributed by atoms with Crippen LogP contribution in [0.15, 0.2) is 113 Å². The van der Waals surface area contributed by atoms with Crippen LogP contribution < -0.4 is 25.4 Å². The summed E-state index contributed by atoms with van der Waals surface area (Å²) in [5, 5.41) is 10.7. The van der Waals surface area contributed by atoms with Gasteiger partial charge in [0.1, 0.15) is 27.8 Å². The molecule has 3 N–H and O–H groups in total. The van der Waals surface area contributed by atoms with Crippen molar-refractivity contribution in [1.29, 1.82) is 0 Å². The smallest absolute Gasteiger partial charge is 0.341 e. The fourth-order valence-corrected chi connectivity index (χ4v) is 6.74. The molecule has 5 rings (SSSR count). The van der Waals surface area contributed by atoms with E-state index in [0.717, 1.165) is 11.1 Å². The molecule has 0 aliphatic carbocycles. The van der Waals surface area contributed by atoms with Crippen molar-refractivity contribution < 1.29 is 33.4 Å². The van der Waals surface area contributed by atoms with Crippen molar-refractivity contribution in [3.8, 4) is 22.6 Å². The number of carbonyl (C=O) groups excluding carboxylic acids is 4.